The Labute approximate surface area is 211 Å². The van der Waals surface area contributed by atoms with Crippen molar-refractivity contribution in [3.63, 3.8) is 0 Å². The lowest BCUT2D eigenvalue weighted by Gasteiger charge is -2.37. The number of hydrogen-bond donors (Lipinski definition) is 3. The van der Waals surface area contributed by atoms with Crippen LogP contribution >= 0.6 is 0 Å². The van der Waals surface area contributed by atoms with E-state index in [-0.39, 0.29) is 22.9 Å². The quantitative estimate of drug-likeness (QED) is 0.458. The second-order valence-electron chi connectivity index (χ2n) is 9.60. The molecule has 10 nitrogen and oxygen atoms in total. The predicted octanol–water partition coefficient (Wildman–Crippen LogP) is 2.89. The number of fused-ring (bicyclic) bond motifs is 1. The third-order valence-electron chi connectivity index (χ3n) is 7.08. The Morgan fingerprint density at radius 3 is 2.46 bits per heavy atom. The van der Waals surface area contributed by atoms with Gasteiger partial charge in [0, 0.05) is 55.2 Å². The highest BCUT2D eigenvalue weighted by atomic mass is 19.1. The van der Waals surface area contributed by atoms with E-state index in [0.29, 0.717) is 55.9 Å². The van der Waals surface area contributed by atoms with Crippen LogP contribution in [0.25, 0.3) is 11.5 Å². The van der Waals surface area contributed by atoms with Crippen molar-refractivity contribution in [2.45, 2.75) is 31.5 Å². The first-order valence-electron chi connectivity index (χ1n) is 12.2. The first-order valence-corrected chi connectivity index (χ1v) is 12.2. The number of hydrogen-bond acceptors (Lipinski definition) is 9. The number of carboxylic acid groups (broad SMARTS) is 1. The maximum absolute atomic E-state index is 15.2. The summed E-state index contributed by atoms with van der Waals surface area (Å²) in [5, 5.41) is 37.8. The van der Waals surface area contributed by atoms with Crippen molar-refractivity contribution in [1.29, 1.82) is 0 Å². The maximum atomic E-state index is 15.2. The number of benzene rings is 2. The molecule has 37 heavy (non-hydrogen) atoms. The fourth-order valence-electron chi connectivity index (χ4n) is 4.91. The summed E-state index contributed by atoms with van der Waals surface area (Å²) in [6.07, 6.45) is 1.97. The molecule has 1 saturated heterocycles. The smallest absolute Gasteiger partial charge is 0.336 e. The Balaban J connectivity index is 1.15. The zero-order valence-corrected chi connectivity index (χ0v) is 19.9. The van der Waals surface area contributed by atoms with Crippen molar-refractivity contribution < 1.29 is 28.9 Å². The largest absolute Gasteiger partial charge is 0.508 e. The summed E-state index contributed by atoms with van der Waals surface area (Å²) in [5.41, 5.74) is 1.96. The number of aliphatic carboxylic acids is 1. The zero-order valence-electron chi connectivity index (χ0n) is 19.9. The lowest BCUT2D eigenvalue weighted by atomic mass is 9.95. The summed E-state index contributed by atoms with van der Waals surface area (Å²) in [7, 11) is 0. The van der Waals surface area contributed by atoms with Gasteiger partial charge in [0.25, 0.3) is 0 Å². The molecule has 3 N–H and O–H groups in total. The van der Waals surface area contributed by atoms with E-state index in [1.54, 1.807) is 30.3 Å². The summed E-state index contributed by atoms with van der Waals surface area (Å²) in [6, 6.07) is 9.71. The summed E-state index contributed by atoms with van der Waals surface area (Å²) < 4.78 is 21.0. The van der Waals surface area contributed by atoms with Crippen LogP contribution in [0.15, 0.2) is 52.6 Å². The number of aliphatic hydroxyl groups excluding tert-OH is 1. The molecule has 0 radical (unpaired) electrons. The number of piperazine rings is 1. The molecule has 0 bridgehead atoms. The van der Waals surface area contributed by atoms with Crippen molar-refractivity contribution >= 4 is 17.3 Å². The molecule has 1 unspecified atom stereocenters. The lowest BCUT2D eigenvalue weighted by molar-refractivity contribution is -0.133. The van der Waals surface area contributed by atoms with Crippen LogP contribution in [0.3, 0.4) is 0 Å². The summed E-state index contributed by atoms with van der Waals surface area (Å²) >= 11 is 0. The average Bonchev–Trinajstić information content (AvgIpc) is 3.63. The van der Waals surface area contributed by atoms with E-state index in [9.17, 15) is 20.1 Å². The lowest BCUT2D eigenvalue weighted by Crippen LogP contribution is -2.46. The molecule has 2 aromatic carbocycles. The van der Waals surface area contributed by atoms with Gasteiger partial charge in [-0.2, -0.15) is 0 Å². The van der Waals surface area contributed by atoms with Gasteiger partial charge in [-0.05, 0) is 49.2 Å². The number of carboxylic acids is 1. The van der Waals surface area contributed by atoms with Gasteiger partial charge < -0.3 is 29.5 Å². The van der Waals surface area contributed by atoms with Crippen molar-refractivity contribution in [3.8, 4) is 17.2 Å². The molecule has 192 valence electrons. The van der Waals surface area contributed by atoms with Crippen molar-refractivity contribution in [1.82, 2.24) is 15.1 Å². The van der Waals surface area contributed by atoms with Gasteiger partial charge in [0.05, 0.1) is 17.8 Å². The first kappa shape index (κ1) is 23.4. The molecule has 11 heteroatoms. The Kier molecular flexibility index (Phi) is 5.81. The third-order valence-corrected chi connectivity index (χ3v) is 7.08. The average molecular weight is 508 g/mol. The minimum Gasteiger partial charge on any atom is -0.508 e. The number of halogens is 1. The number of nitrogens with zero attached hydrogens (tertiary/aromatic N) is 5. The standard InChI is InChI=1S/C26H26FN5O5/c27-20-11-18-21(32(16-3-4-16)13-19(24(18)34)26(35)36)12-22(20)31-9-7-30(8-10-31)14-23-28-29-25(37-23)15-1-5-17(33)6-2-15/h1-2,5-6,11-13,16,24,33-34H,3-4,7-10,14H2,(H,35,36). The highest BCUT2D eigenvalue weighted by molar-refractivity contribution is 5.91. The van der Waals surface area contributed by atoms with Crippen molar-refractivity contribution in [2.75, 3.05) is 36.0 Å². The molecule has 2 fully saturated rings. The number of aromatic nitrogens is 2. The minimum absolute atomic E-state index is 0.144. The van der Waals surface area contributed by atoms with E-state index in [1.165, 1.54) is 12.3 Å². The third kappa shape index (κ3) is 4.51. The second kappa shape index (κ2) is 9.16. The predicted molar refractivity (Wildman–Crippen MR) is 131 cm³/mol. The molecule has 1 saturated carbocycles. The van der Waals surface area contributed by atoms with E-state index in [2.05, 4.69) is 15.1 Å². The summed E-state index contributed by atoms with van der Waals surface area (Å²) in [6.45, 7) is 2.95. The molecule has 3 heterocycles. The number of anilines is 2. The number of aliphatic hydroxyl groups is 1. The normalized spacial score (nSPS) is 20.1. The topological polar surface area (TPSA) is 126 Å². The molecule has 1 aliphatic carbocycles. The van der Waals surface area contributed by atoms with Gasteiger partial charge in [0.2, 0.25) is 11.8 Å². The van der Waals surface area contributed by atoms with Crippen LogP contribution in [0, 0.1) is 5.82 Å². The van der Waals surface area contributed by atoms with Crippen LogP contribution < -0.4 is 9.80 Å². The highest BCUT2D eigenvalue weighted by Crippen LogP contribution is 2.44. The summed E-state index contributed by atoms with van der Waals surface area (Å²) in [4.78, 5) is 17.6. The maximum Gasteiger partial charge on any atom is 0.336 e. The fraction of sp³-hybridized carbons (Fsp3) is 0.346. The molecule has 1 atom stereocenters. The number of aromatic hydroxyl groups is 1. The van der Waals surface area contributed by atoms with Crippen LogP contribution in [-0.4, -0.2) is 68.6 Å². The Hall–Kier alpha value is -3.96. The molecule has 0 amide bonds. The zero-order chi connectivity index (χ0) is 25.7. The number of phenols is 1. The first-order chi connectivity index (χ1) is 17.9. The van der Waals surface area contributed by atoms with Gasteiger partial charge in [0.15, 0.2) is 0 Å². The molecule has 1 aromatic heterocycles. The minimum atomic E-state index is -1.37. The van der Waals surface area contributed by atoms with Crippen LogP contribution in [0.1, 0.15) is 30.4 Å². The van der Waals surface area contributed by atoms with Crippen LogP contribution in [-0.2, 0) is 11.3 Å². The molecular formula is C26H26FN5O5. The van der Waals surface area contributed by atoms with E-state index >= 15 is 4.39 Å². The SMILES string of the molecule is O=C(O)C1=CN(C2CC2)c2cc(N3CCN(Cc4nnc(-c5ccc(O)cc5)o4)CC3)c(F)cc2C1O. The van der Waals surface area contributed by atoms with Gasteiger partial charge in [-0.15, -0.1) is 10.2 Å². The van der Waals surface area contributed by atoms with Crippen molar-refractivity contribution in [2.24, 2.45) is 0 Å². The molecule has 3 aliphatic rings. The highest BCUT2D eigenvalue weighted by Gasteiger charge is 2.38. The monoisotopic (exact) mass is 507 g/mol. The van der Waals surface area contributed by atoms with Crippen LogP contribution in [0.2, 0.25) is 0 Å². The van der Waals surface area contributed by atoms with Gasteiger partial charge in [-0.25, -0.2) is 9.18 Å². The molecule has 3 aromatic rings. The Morgan fingerprint density at radius 2 is 1.78 bits per heavy atom. The van der Waals surface area contributed by atoms with Crippen LogP contribution in [0.5, 0.6) is 5.75 Å². The van der Waals surface area contributed by atoms with E-state index < -0.39 is 17.9 Å². The number of phenolic OH excluding ortho intramolecular Hbond substituents is 1. The van der Waals surface area contributed by atoms with E-state index in [4.69, 9.17) is 4.42 Å². The van der Waals surface area contributed by atoms with Gasteiger partial charge in [-0.3, -0.25) is 4.90 Å². The van der Waals surface area contributed by atoms with Crippen LogP contribution in [0.4, 0.5) is 15.8 Å². The van der Waals surface area contributed by atoms with Gasteiger partial charge in [0.1, 0.15) is 17.7 Å². The van der Waals surface area contributed by atoms with E-state index in [0.717, 1.165) is 18.4 Å². The molecule has 0 spiro atoms. The number of carbonyl (C=O) groups is 1. The Morgan fingerprint density at radius 1 is 1.05 bits per heavy atom. The second-order valence-corrected chi connectivity index (χ2v) is 9.60. The van der Waals surface area contributed by atoms with Gasteiger partial charge >= 0.3 is 5.97 Å². The van der Waals surface area contributed by atoms with Gasteiger partial charge in [-0.1, -0.05) is 0 Å². The Bertz CT molecular complexity index is 1360. The molecular weight excluding hydrogens is 481 g/mol. The molecule has 2 aliphatic heterocycles. The molecule has 6 rings (SSSR count). The fourth-order valence-corrected chi connectivity index (χ4v) is 4.91. The number of rotatable bonds is 6. The van der Waals surface area contributed by atoms with Crippen molar-refractivity contribution in [3.05, 3.63) is 65.4 Å². The summed E-state index contributed by atoms with van der Waals surface area (Å²) in [5.74, 6) is -0.668. The van der Waals surface area contributed by atoms with E-state index in [1.807, 2.05) is 9.80 Å².